The molecule has 0 saturated heterocycles. The van der Waals surface area contributed by atoms with E-state index in [0.717, 1.165) is 12.8 Å². The predicted octanol–water partition coefficient (Wildman–Crippen LogP) is 5.95. The van der Waals surface area contributed by atoms with E-state index >= 15 is 24.0 Å². The maximum absolute atomic E-state index is 15.6. The molecule has 0 aliphatic rings. The van der Waals surface area contributed by atoms with Gasteiger partial charge in [-0.1, -0.05) is 67.2 Å². The van der Waals surface area contributed by atoms with Crippen molar-refractivity contribution in [3.05, 3.63) is 0 Å². The summed E-state index contributed by atoms with van der Waals surface area (Å²) in [7, 11) is 0. The quantitative estimate of drug-likeness (QED) is 0.0247. The van der Waals surface area contributed by atoms with Gasteiger partial charge >= 0.3 is 36.4 Å². The Morgan fingerprint density at radius 2 is 0.579 bits per heavy atom. The van der Waals surface area contributed by atoms with Crippen LogP contribution in [-0.2, 0) is 85.9 Å². The number of ether oxygens (including phenoxy) is 7. The van der Waals surface area contributed by atoms with Gasteiger partial charge < -0.3 is 124 Å². The van der Waals surface area contributed by atoms with Crippen molar-refractivity contribution in [2.75, 3.05) is 39.3 Å². The summed E-state index contributed by atoms with van der Waals surface area (Å²) in [5, 5.41) is 49.2. The second-order valence-electron chi connectivity index (χ2n) is 39.1. The molecular weight excluding hydrogens is 1640 g/mol. The number of carbonyl (C=O) groups excluding carboxylic acids is 15. The number of carbonyl (C=O) groups is 16. The fourth-order valence-electron chi connectivity index (χ4n) is 11.9. The summed E-state index contributed by atoms with van der Waals surface area (Å²) in [4.78, 5) is 225. The Morgan fingerprint density at radius 1 is 0.302 bits per heavy atom. The average molecular weight is 1800 g/mol. The number of hydrogen-bond donors (Lipinski definition) is 17. The van der Waals surface area contributed by atoms with Crippen molar-refractivity contribution in [2.45, 2.75) is 396 Å². The zero-order valence-electron chi connectivity index (χ0n) is 80.5. The van der Waals surface area contributed by atoms with Gasteiger partial charge in [-0.15, -0.1) is 0 Å². The summed E-state index contributed by atoms with van der Waals surface area (Å²) >= 11 is 0. The molecule has 126 heavy (non-hydrogen) atoms. The number of nitrogens with one attached hydrogen (secondary N) is 15. The minimum absolute atomic E-state index is 0.0166. The molecule has 0 aromatic carbocycles. The molecule has 0 saturated carbocycles. The lowest BCUT2D eigenvalue weighted by atomic mass is 9.97. The van der Waals surface area contributed by atoms with E-state index in [1.54, 1.807) is 173 Å². The summed E-state index contributed by atoms with van der Waals surface area (Å²) in [5.74, 6) is -11.7. The standard InChI is InChI=1S/C86H158N16O24/c1-30-50(5)34-32-33-35-61(103)94-55(38-44-90-76(116)123-83(18,19)20)69(108)102-64(53(8)121-81(12,13)14)73(112)98-58(40-46-92-78(118)125-85(24,25)26)67(106)96-56(66(105)97-57(39-45-91-77(117)124-84(21,22)23)68(107)99-60(48-49(3)4)71(110)100-62(74(113)114)51(6)31-2)37-43-88-72(111)63(52(7)120-80(9,10)11)101-70(109)59(41-47-93-79(119)126-86(27,28)29)95-65(104)54(87)36-42-89-75(115)122-82(15,16)17/h49-60,62-64H,30-48,87H2,1-29H3,(H,88,111)(H,89,115)(H,90,116)(H,91,117)(H,92,118)(H,93,119)(H,94,103)(H,95,104)(H,96,106)(H,97,105)(H,98,112)(H,99,107)(H,100,110)(H,101,109)(H,102,108)(H,113,114)/t50-,51-,52+,53+,54-,55-,56-,57-,58-,59-,60+,62-,63-,64-/m0/s1. The first kappa shape index (κ1) is 116. The molecule has 0 radical (unpaired) electrons. The Hall–Kier alpha value is -9.60. The molecule has 0 heterocycles. The lowest BCUT2D eigenvalue weighted by Crippen LogP contribution is -2.62. The Kier molecular flexibility index (Phi) is 50.4. The number of unbranched alkanes of at least 4 members (excludes halogenated alkanes) is 1. The fraction of sp³-hybridized carbons (Fsp3) is 0.814. The van der Waals surface area contributed by atoms with Crippen molar-refractivity contribution in [1.29, 1.82) is 0 Å². The van der Waals surface area contributed by atoms with Crippen LogP contribution >= 0.6 is 0 Å². The highest BCUT2D eigenvalue weighted by Gasteiger charge is 2.40. The summed E-state index contributed by atoms with van der Waals surface area (Å²) < 4.78 is 39.5. The molecule has 726 valence electrons. The fourth-order valence-corrected chi connectivity index (χ4v) is 11.9. The van der Waals surface area contributed by atoms with Gasteiger partial charge in [0.1, 0.15) is 82.4 Å². The second kappa shape index (κ2) is 54.5. The van der Waals surface area contributed by atoms with Crippen LogP contribution in [-0.4, -0.2) is 252 Å². The van der Waals surface area contributed by atoms with Crippen molar-refractivity contribution in [1.82, 2.24) is 79.8 Å². The van der Waals surface area contributed by atoms with E-state index in [1.165, 1.54) is 13.8 Å². The molecule has 40 nitrogen and oxygen atoms in total. The Labute approximate surface area is 746 Å². The van der Waals surface area contributed by atoms with E-state index < -0.39 is 252 Å². The molecule has 0 rings (SSSR count). The van der Waals surface area contributed by atoms with E-state index in [0.29, 0.717) is 25.2 Å². The lowest BCUT2D eigenvalue weighted by Gasteiger charge is -2.33. The average Bonchev–Trinajstić information content (AvgIpc) is 0.852. The van der Waals surface area contributed by atoms with Gasteiger partial charge in [0.25, 0.3) is 0 Å². The van der Waals surface area contributed by atoms with Crippen molar-refractivity contribution < 1.29 is 115 Å². The van der Waals surface area contributed by atoms with Gasteiger partial charge in [-0.2, -0.15) is 0 Å². The number of alkyl carbamates (subject to hydrolysis) is 5. The number of aliphatic carboxylic acids is 1. The van der Waals surface area contributed by atoms with Crippen LogP contribution in [0.25, 0.3) is 0 Å². The Balaban J connectivity index is 8.91. The number of hydrogen-bond acceptors (Lipinski definition) is 24. The van der Waals surface area contributed by atoms with Crippen LogP contribution in [0.1, 0.15) is 284 Å². The van der Waals surface area contributed by atoms with E-state index in [4.69, 9.17) is 38.9 Å². The van der Waals surface area contributed by atoms with E-state index in [-0.39, 0.29) is 57.7 Å². The van der Waals surface area contributed by atoms with E-state index in [1.807, 2.05) is 0 Å². The molecule has 40 heteroatoms. The first-order chi connectivity index (χ1) is 57.6. The maximum atomic E-state index is 15.6. The maximum Gasteiger partial charge on any atom is 0.407 e. The normalized spacial score (nSPS) is 15.4. The molecule has 0 bridgehead atoms. The van der Waals surface area contributed by atoms with Gasteiger partial charge in [0.15, 0.2) is 0 Å². The molecule has 0 unspecified atom stereocenters. The van der Waals surface area contributed by atoms with Crippen LogP contribution in [0.4, 0.5) is 24.0 Å². The third kappa shape index (κ3) is 54.4. The highest BCUT2D eigenvalue weighted by molar-refractivity contribution is 5.98. The van der Waals surface area contributed by atoms with Crippen LogP contribution in [0.5, 0.6) is 0 Å². The smallest absolute Gasteiger partial charge is 0.407 e. The van der Waals surface area contributed by atoms with Gasteiger partial charge in [-0.05, 0) is 228 Å². The van der Waals surface area contributed by atoms with Crippen molar-refractivity contribution >= 4 is 95.5 Å². The molecule has 0 aliphatic carbocycles. The van der Waals surface area contributed by atoms with Gasteiger partial charge in [0.05, 0.1) is 29.5 Å². The summed E-state index contributed by atoms with van der Waals surface area (Å²) in [5.41, 5.74) is -0.514. The van der Waals surface area contributed by atoms with Crippen LogP contribution in [0.3, 0.4) is 0 Å². The van der Waals surface area contributed by atoms with Gasteiger partial charge in [-0.25, -0.2) is 28.8 Å². The topological polar surface area (TPSA) is 564 Å². The number of amides is 15. The third-order valence-corrected chi connectivity index (χ3v) is 18.1. The van der Waals surface area contributed by atoms with Crippen LogP contribution < -0.4 is 85.5 Å². The molecule has 15 amide bonds. The number of nitrogens with two attached hydrogens (primary N) is 1. The predicted molar refractivity (Wildman–Crippen MR) is 472 cm³/mol. The lowest BCUT2D eigenvalue weighted by molar-refractivity contribution is -0.144. The molecular formula is C86H158N16O24. The van der Waals surface area contributed by atoms with Crippen molar-refractivity contribution in [3.8, 4) is 0 Å². The minimum Gasteiger partial charge on any atom is -0.480 e. The number of rotatable bonds is 51. The monoisotopic (exact) mass is 1800 g/mol. The Bertz CT molecular complexity index is 3520. The van der Waals surface area contributed by atoms with Crippen LogP contribution in [0.15, 0.2) is 0 Å². The van der Waals surface area contributed by atoms with Gasteiger partial charge in [0.2, 0.25) is 59.1 Å². The number of carboxylic acid groups (broad SMARTS) is 1. The summed E-state index contributed by atoms with van der Waals surface area (Å²) in [6.07, 6.45) is -6.04. The summed E-state index contributed by atoms with van der Waals surface area (Å²) in [6, 6.07) is -16.2. The SMILES string of the molecule is CC[C@H](C)CCCCC(=O)N[C@@H](CCNC(=O)OC(C)(C)C)C(=O)N[C@H](C(=O)N[C@@H](CCNC(=O)OC(C)(C)C)C(=O)N[C@@H](CCNC(=O)[C@@H](NC(=O)[C@H](CCNC(=O)OC(C)(C)C)NC(=O)[C@@H](N)CCNC(=O)OC(C)(C)C)[C@@H](C)OC(C)(C)C)C(=O)N[C@@H](CCNC(=O)OC(C)(C)C)C(=O)N[C@H](CC(C)C)C(=O)N[C@H](C(=O)O)[C@@H](C)CC)[C@@H](C)OC(C)(C)C. The molecule has 0 aliphatic heterocycles. The van der Waals surface area contributed by atoms with E-state index in [9.17, 15) is 57.8 Å². The largest absolute Gasteiger partial charge is 0.480 e. The van der Waals surface area contributed by atoms with Crippen molar-refractivity contribution in [2.24, 2.45) is 23.5 Å². The number of carboxylic acids is 1. The second-order valence-corrected chi connectivity index (χ2v) is 39.1. The van der Waals surface area contributed by atoms with Crippen LogP contribution in [0, 0.1) is 17.8 Å². The first-order valence-corrected chi connectivity index (χ1v) is 43.8. The van der Waals surface area contributed by atoms with Crippen LogP contribution in [0.2, 0.25) is 0 Å². The highest BCUT2D eigenvalue weighted by Crippen LogP contribution is 2.20. The highest BCUT2D eigenvalue weighted by atomic mass is 16.6. The first-order valence-electron chi connectivity index (χ1n) is 43.8. The van der Waals surface area contributed by atoms with E-state index in [2.05, 4.69) is 93.6 Å². The zero-order chi connectivity index (χ0) is 97.4. The molecule has 0 aromatic rings. The molecule has 0 spiro atoms. The minimum atomic E-state index is -1.93. The third-order valence-electron chi connectivity index (χ3n) is 18.1. The van der Waals surface area contributed by atoms with Gasteiger partial charge in [-0.3, -0.25) is 47.9 Å². The molecule has 18 N–H and O–H groups in total. The van der Waals surface area contributed by atoms with Crippen molar-refractivity contribution in [3.63, 3.8) is 0 Å². The molecule has 14 atom stereocenters. The zero-order valence-corrected chi connectivity index (χ0v) is 80.5. The van der Waals surface area contributed by atoms with Gasteiger partial charge in [0, 0.05) is 45.7 Å². The summed E-state index contributed by atoms with van der Waals surface area (Å²) in [6.45, 7) is 46.0. The molecule has 0 fully saturated rings. The molecule has 0 aromatic heterocycles. The Morgan fingerprint density at radius 3 is 0.889 bits per heavy atom.